The van der Waals surface area contributed by atoms with Crippen molar-refractivity contribution in [1.82, 2.24) is 4.90 Å². The predicted molar refractivity (Wildman–Crippen MR) is 55.9 cm³/mol. The van der Waals surface area contributed by atoms with Crippen molar-refractivity contribution in [3.8, 4) is 0 Å². The lowest BCUT2D eigenvalue weighted by molar-refractivity contribution is -0.0954. The summed E-state index contributed by atoms with van der Waals surface area (Å²) < 4.78 is 6.09. The molecule has 2 unspecified atom stereocenters. The average Bonchev–Trinajstić information content (AvgIpc) is 2.11. The summed E-state index contributed by atoms with van der Waals surface area (Å²) in [4.78, 5) is 2.36. The van der Waals surface area contributed by atoms with Crippen LogP contribution in [-0.4, -0.2) is 36.7 Å². The highest BCUT2D eigenvalue weighted by Gasteiger charge is 2.33. The van der Waals surface area contributed by atoms with Crippen LogP contribution in [0.4, 0.5) is 0 Å². The molecule has 1 rings (SSSR count). The van der Waals surface area contributed by atoms with Crippen LogP contribution in [0, 0.1) is 5.92 Å². The minimum atomic E-state index is 0.0736. The zero-order valence-corrected chi connectivity index (χ0v) is 9.63. The Morgan fingerprint density at radius 2 is 2.08 bits per heavy atom. The van der Waals surface area contributed by atoms with Crippen LogP contribution in [0.5, 0.6) is 0 Å². The van der Waals surface area contributed by atoms with Crippen molar-refractivity contribution in [3.63, 3.8) is 0 Å². The molecule has 2 atom stereocenters. The monoisotopic (exact) mass is 185 g/mol. The normalized spacial score (nSPS) is 37.8. The number of hydrogen-bond acceptors (Lipinski definition) is 2. The van der Waals surface area contributed by atoms with Crippen LogP contribution in [0.25, 0.3) is 0 Å². The van der Waals surface area contributed by atoms with E-state index in [2.05, 4.69) is 39.6 Å². The van der Waals surface area contributed by atoms with Gasteiger partial charge >= 0.3 is 0 Å². The van der Waals surface area contributed by atoms with E-state index >= 15 is 0 Å². The third-order valence-electron chi connectivity index (χ3n) is 3.25. The van der Waals surface area contributed by atoms with E-state index in [4.69, 9.17) is 4.74 Å². The quantitative estimate of drug-likeness (QED) is 0.620. The first-order chi connectivity index (χ1) is 5.94. The third-order valence-corrected chi connectivity index (χ3v) is 3.25. The van der Waals surface area contributed by atoms with Gasteiger partial charge < -0.3 is 9.64 Å². The lowest BCUT2D eigenvalue weighted by Gasteiger charge is -2.34. The van der Waals surface area contributed by atoms with E-state index in [0.717, 1.165) is 19.5 Å². The first-order valence-corrected chi connectivity index (χ1v) is 5.30. The van der Waals surface area contributed by atoms with E-state index in [9.17, 15) is 0 Å². The Kier molecular flexibility index (Phi) is 3.36. The molecular weight excluding hydrogens is 162 g/mol. The van der Waals surface area contributed by atoms with Gasteiger partial charge in [-0.2, -0.15) is 0 Å². The minimum Gasteiger partial charge on any atom is -0.371 e. The second-order valence-electron chi connectivity index (χ2n) is 4.91. The van der Waals surface area contributed by atoms with Crippen molar-refractivity contribution in [2.24, 2.45) is 5.92 Å². The molecule has 0 radical (unpaired) electrons. The molecule has 0 aromatic heterocycles. The predicted octanol–water partition coefficient (Wildman–Crippen LogP) is 2.14. The fourth-order valence-electron chi connectivity index (χ4n) is 1.92. The Bertz CT molecular complexity index is 169. The number of hydrogen-bond donors (Lipinski definition) is 0. The molecule has 2 nitrogen and oxygen atoms in total. The highest BCUT2D eigenvalue weighted by Crippen LogP contribution is 2.29. The highest BCUT2D eigenvalue weighted by atomic mass is 16.5. The maximum Gasteiger partial charge on any atom is 0.0693 e. The van der Waals surface area contributed by atoms with Crippen LogP contribution in [0.15, 0.2) is 0 Å². The topological polar surface area (TPSA) is 12.5 Å². The van der Waals surface area contributed by atoms with Gasteiger partial charge in [0, 0.05) is 13.1 Å². The Morgan fingerprint density at radius 3 is 2.62 bits per heavy atom. The number of likely N-dealkylation sites (N-methyl/N-ethyl adjacent to an activating group) is 1. The molecule has 0 N–H and O–H groups in total. The molecule has 0 aromatic carbocycles. The van der Waals surface area contributed by atoms with E-state index in [1.165, 1.54) is 0 Å². The number of rotatable bonds is 1. The molecular formula is C11H23NO. The molecule has 0 saturated carbocycles. The van der Waals surface area contributed by atoms with E-state index in [1.807, 2.05) is 0 Å². The highest BCUT2D eigenvalue weighted by molar-refractivity contribution is 4.84. The van der Waals surface area contributed by atoms with Crippen LogP contribution in [0.2, 0.25) is 0 Å². The maximum atomic E-state index is 6.09. The lowest BCUT2D eigenvalue weighted by Crippen LogP contribution is -2.37. The van der Waals surface area contributed by atoms with Gasteiger partial charge in [0.05, 0.1) is 11.7 Å². The van der Waals surface area contributed by atoms with E-state index < -0.39 is 0 Å². The summed E-state index contributed by atoms with van der Waals surface area (Å²) in [6.07, 6.45) is 1.51. The van der Waals surface area contributed by atoms with E-state index in [0.29, 0.717) is 12.0 Å². The van der Waals surface area contributed by atoms with Crippen molar-refractivity contribution in [1.29, 1.82) is 0 Å². The minimum absolute atomic E-state index is 0.0736. The zero-order valence-electron chi connectivity index (χ0n) is 9.63. The lowest BCUT2D eigenvalue weighted by atomic mass is 9.89. The van der Waals surface area contributed by atoms with Gasteiger partial charge in [0.2, 0.25) is 0 Å². The van der Waals surface area contributed by atoms with Crippen molar-refractivity contribution in [3.05, 3.63) is 0 Å². The van der Waals surface area contributed by atoms with Crippen molar-refractivity contribution >= 4 is 0 Å². The van der Waals surface area contributed by atoms with Crippen molar-refractivity contribution in [2.45, 2.75) is 45.8 Å². The van der Waals surface area contributed by atoms with Gasteiger partial charge in [0.1, 0.15) is 0 Å². The molecule has 0 amide bonds. The SMILES string of the molecule is CC1CN(C)CCC(C)(C(C)C)O1. The molecule has 0 spiro atoms. The molecule has 1 aliphatic rings. The number of nitrogens with zero attached hydrogens (tertiary/aromatic N) is 1. The van der Waals surface area contributed by atoms with Gasteiger partial charge in [-0.3, -0.25) is 0 Å². The standard InChI is InChI=1S/C11H23NO/c1-9(2)11(4)6-7-12(5)8-10(3)13-11/h9-10H,6-8H2,1-5H3. The first kappa shape index (κ1) is 11.0. The van der Waals surface area contributed by atoms with E-state index in [1.54, 1.807) is 0 Å². The Hall–Kier alpha value is -0.0800. The third kappa shape index (κ3) is 2.68. The van der Waals surface area contributed by atoms with Crippen LogP contribution in [0.3, 0.4) is 0 Å². The Morgan fingerprint density at radius 1 is 1.46 bits per heavy atom. The molecule has 13 heavy (non-hydrogen) atoms. The fraction of sp³-hybridized carbons (Fsp3) is 1.00. The van der Waals surface area contributed by atoms with Gasteiger partial charge in [0.25, 0.3) is 0 Å². The van der Waals surface area contributed by atoms with Gasteiger partial charge in [-0.1, -0.05) is 13.8 Å². The van der Waals surface area contributed by atoms with Crippen LogP contribution < -0.4 is 0 Å². The molecule has 78 valence electrons. The first-order valence-electron chi connectivity index (χ1n) is 5.30. The summed E-state index contributed by atoms with van der Waals surface area (Å²) in [5, 5.41) is 0. The number of ether oxygens (including phenoxy) is 1. The van der Waals surface area contributed by atoms with Crippen LogP contribution in [-0.2, 0) is 4.74 Å². The van der Waals surface area contributed by atoms with Crippen LogP contribution >= 0.6 is 0 Å². The molecule has 1 heterocycles. The summed E-state index contributed by atoms with van der Waals surface area (Å²) in [7, 11) is 2.17. The molecule has 1 fully saturated rings. The Labute approximate surface area is 82.3 Å². The molecule has 2 heteroatoms. The second kappa shape index (κ2) is 3.97. The summed E-state index contributed by atoms with van der Waals surface area (Å²) >= 11 is 0. The average molecular weight is 185 g/mol. The molecule has 0 aliphatic carbocycles. The fourth-order valence-corrected chi connectivity index (χ4v) is 1.92. The molecule has 0 aromatic rings. The summed E-state index contributed by atoms with van der Waals surface area (Å²) in [6.45, 7) is 11.1. The van der Waals surface area contributed by atoms with Crippen molar-refractivity contribution < 1.29 is 4.74 Å². The second-order valence-corrected chi connectivity index (χ2v) is 4.91. The molecule has 0 bridgehead atoms. The van der Waals surface area contributed by atoms with Gasteiger partial charge in [0.15, 0.2) is 0 Å². The van der Waals surface area contributed by atoms with Gasteiger partial charge in [-0.25, -0.2) is 0 Å². The summed E-state index contributed by atoms with van der Waals surface area (Å²) in [6, 6.07) is 0. The summed E-state index contributed by atoms with van der Waals surface area (Å²) in [5.74, 6) is 0.599. The largest absolute Gasteiger partial charge is 0.371 e. The zero-order chi connectivity index (χ0) is 10.1. The molecule has 1 aliphatic heterocycles. The molecule has 1 saturated heterocycles. The maximum absolute atomic E-state index is 6.09. The van der Waals surface area contributed by atoms with E-state index in [-0.39, 0.29) is 5.60 Å². The van der Waals surface area contributed by atoms with Gasteiger partial charge in [-0.05, 0) is 33.2 Å². The Balaban J connectivity index is 2.66. The van der Waals surface area contributed by atoms with Crippen LogP contribution in [0.1, 0.15) is 34.1 Å². The summed E-state index contributed by atoms with van der Waals surface area (Å²) in [5.41, 5.74) is 0.0736. The van der Waals surface area contributed by atoms with Crippen molar-refractivity contribution in [2.75, 3.05) is 20.1 Å². The smallest absolute Gasteiger partial charge is 0.0693 e. The van der Waals surface area contributed by atoms with Gasteiger partial charge in [-0.15, -0.1) is 0 Å².